The zero-order valence-corrected chi connectivity index (χ0v) is 9.69. The first-order valence-corrected chi connectivity index (χ1v) is 4.96. The van der Waals surface area contributed by atoms with Crippen LogP contribution in [0, 0.1) is 0 Å². The first-order chi connectivity index (χ1) is 6.82. The van der Waals surface area contributed by atoms with E-state index in [1.165, 1.54) is 0 Å². The summed E-state index contributed by atoms with van der Waals surface area (Å²) >= 11 is 0. The second kappa shape index (κ2) is 4.03. The fourth-order valence-corrected chi connectivity index (χ4v) is 1.35. The van der Waals surface area contributed by atoms with Crippen molar-refractivity contribution in [3.05, 3.63) is 35.4 Å². The largest absolute Gasteiger partial charge is 0.478 e. The Hall–Kier alpha value is -1.35. The summed E-state index contributed by atoms with van der Waals surface area (Å²) in [5.41, 5.74) is 1.50. The quantitative estimate of drug-likeness (QED) is 0.773. The summed E-state index contributed by atoms with van der Waals surface area (Å²) in [5, 5.41) is 8.77. The van der Waals surface area contributed by atoms with Gasteiger partial charge in [0.15, 0.2) is 0 Å². The van der Waals surface area contributed by atoms with Crippen LogP contribution >= 0.6 is 0 Å². The molecule has 0 heterocycles. The Bertz CT molecular complexity index is 349. The van der Waals surface area contributed by atoms with E-state index in [0.29, 0.717) is 11.6 Å². The number of quaternary nitrogens is 1. The Morgan fingerprint density at radius 3 is 2.00 bits per heavy atom. The molecule has 3 heteroatoms. The van der Waals surface area contributed by atoms with Crippen LogP contribution < -0.4 is 0 Å². The van der Waals surface area contributed by atoms with E-state index in [4.69, 9.17) is 5.11 Å². The standard InChI is InChI=1S/C12H17NO2/c1-9(13(2,3)4)10-5-7-11(8-6-10)12(14)15/h5-9H,1-4H3/p+1. The van der Waals surface area contributed by atoms with Gasteiger partial charge in [-0.1, -0.05) is 12.1 Å². The molecule has 0 aliphatic heterocycles. The predicted octanol–water partition coefficient (Wildman–Crippen LogP) is 2.15. The molecule has 0 fully saturated rings. The molecule has 0 saturated heterocycles. The summed E-state index contributed by atoms with van der Waals surface area (Å²) < 4.78 is 0.826. The van der Waals surface area contributed by atoms with Crippen LogP contribution in [0.1, 0.15) is 28.9 Å². The number of carbonyl (C=O) groups is 1. The molecule has 0 radical (unpaired) electrons. The number of carboxylic acids is 1. The highest BCUT2D eigenvalue weighted by molar-refractivity contribution is 5.87. The number of hydrogen-bond donors (Lipinski definition) is 1. The van der Waals surface area contributed by atoms with Crippen molar-refractivity contribution in [2.45, 2.75) is 13.0 Å². The summed E-state index contributed by atoms with van der Waals surface area (Å²) in [6, 6.07) is 7.44. The summed E-state index contributed by atoms with van der Waals surface area (Å²) in [5.74, 6) is -0.876. The summed E-state index contributed by atoms with van der Waals surface area (Å²) in [4.78, 5) is 10.7. The van der Waals surface area contributed by atoms with Crippen LogP contribution in [0.2, 0.25) is 0 Å². The lowest BCUT2D eigenvalue weighted by atomic mass is 10.0. The van der Waals surface area contributed by atoms with E-state index < -0.39 is 5.97 Å². The molecule has 0 amide bonds. The third-order valence-electron chi connectivity index (χ3n) is 2.80. The molecule has 0 spiro atoms. The predicted molar refractivity (Wildman–Crippen MR) is 59.8 cm³/mol. The minimum atomic E-state index is -0.876. The van der Waals surface area contributed by atoms with Crippen molar-refractivity contribution in [2.75, 3.05) is 21.1 Å². The van der Waals surface area contributed by atoms with Gasteiger partial charge < -0.3 is 9.59 Å². The van der Waals surface area contributed by atoms with E-state index in [0.717, 1.165) is 10.0 Å². The van der Waals surface area contributed by atoms with E-state index in [1.807, 2.05) is 12.1 Å². The van der Waals surface area contributed by atoms with Gasteiger partial charge in [-0.15, -0.1) is 0 Å². The maximum absolute atomic E-state index is 10.7. The Morgan fingerprint density at radius 1 is 1.20 bits per heavy atom. The maximum Gasteiger partial charge on any atom is 0.335 e. The zero-order valence-electron chi connectivity index (χ0n) is 9.69. The molecule has 1 aromatic carbocycles. The van der Waals surface area contributed by atoms with Crippen LogP contribution in [-0.2, 0) is 0 Å². The number of benzene rings is 1. The van der Waals surface area contributed by atoms with E-state index in [-0.39, 0.29) is 0 Å². The molecule has 3 nitrogen and oxygen atoms in total. The number of nitrogens with zero attached hydrogens (tertiary/aromatic N) is 1. The number of aromatic carboxylic acids is 1. The minimum Gasteiger partial charge on any atom is -0.478 e. The molecule has 1 aromatic rings. The lowest BCUT2D eigenvalue weighted by Gasteiger charge is -2.31. The molecule has 1 rings (SSSR count). The third-order valence-corrected chi connectivity index (χ3v) is 2.80. The SMILES string of the molecule is CC(c1ccc(C(=O)O)cc1)[N+](C)(C)C. The summed E-state index contributed by atoms with van der Waals surface area (Å²) in [7, 11) is 6.36. The van der Waals surface area contributed by atoms with Crippen molar-refractivity contribution < 1.29 is 14.4 Å². The van der Waals surface area contributed by atoms with Gasteiger partial charge in [0.2, 0.25) is 0 Å². The van der Waals surface area contributed by atoms with E-state index in [1.54, 1.807) is 12.1 Å². The minimum absolute atomic E-state index is 0.340. The average molecular weight is 208 g/mol. The highest BCUT2D eigenvalue weighted by atomic mass is 16.4. The van der Waals surface area contributed by atoms with Gasteiger partial charge >= 0.3 is 5.97 Å². The third kappa shape index (κ3) is 2.80. The van der Waals surface area contributed by atoms with Crippen molar-refractivity contribution in [1.29, 1.82) is 0 Å². The van der Waals surface area contributed by atoms with Gasteiger partial charge in [0.05, 0.1) is 26.7 Å². The topological polar surface area (TPSA) is 37.3 Å². The normalized spacial score (nSPS) is 13.6. The van der Waals surface area contributed by atoms with Gasteiger partial charge in [0.1, 0.15) is 6.04 Å². The fourth-order valence-electron chi connectivity index (χ4n) is 1.35. The van der Waals surface area contributed by atoms with Gasteiger partial charge in [0.25, 0.3) is 0 Å². The van der Waals surface area contributed by atoms with Crippen molar-refractivity contribution in [3.63, 3.8) is 0 Å². The van der Waals surface area contributed by atoms with Crippen molar-refractivity contribution in [3.8, 4) is 0 Å². The van der Waals surface area contributed by atoms with Crippen molar-refractivity contribution in [2.24, 2.45) is 0 Å². The Labute approximate surface area is 90.5 Å². The van der Waals surface area contributed by atoms with E-state index in [9.17, 15) is 4.79 Å². The van der Waals surface area contributed by atoms with Crippen molar-refractivity contribution in [1.82, 2.24) is 0 Å². The summed E-state index contributed by atoms with van der Waals surface area (Å²) in [6.07, 6.45) is 0. The Morgan fingerprint density at radius 2 is 1.67 bits per heavy atom. The van der Waals surface area contributed by atoms with Crippen LogP contribution in [0.25, 0.3) is 0 Å². The van der Waals surface area contributed by atoms with Gasteiger partial charge in [-0.05, 0) is 19.1 Å². The van der Waals surface area contributed by atoms with Gasteiger partial charge in [-0.25, -0.2) is 4.79 Å². The first-order valence-electron chi connectivity index (χ1n) is 4.96. The molecule has 1 unspecified atom stereocenters. The second-order valence-corrected chi connectivity index (χ2v) is 4.72. The average Bonchev–Trinajstić information content (AvgIpc) is 2.15. The van der Waals surface area contributed by atoms with Gasteiger partial charge in [-0.3, -0.25) is 0 Å². The van der Waals surface area contributed by atoms with E-state index >= 15 is 0 Å². The van der Waals surface area contributed by atoms with Crippen molar-refractivity contribution >= 4 is 5.97 Å². The molecule has 15 heavy (non-hydrogen) atoms. The zero-order chi connectivity index (χ0) is 11.6. The molecular formula is C12H18NO2+. The fraction of sp³-hybridized carbons (Fsp3) is 0.417. The Balaban J connectivity index is 2.94. The van der Waals surface area contributed by atoms with Crippen LogP contribution in [0.3, 0.4) is 0 Å². The monoisotopic (exact) mass is 208 g/mol. The lowest BCUT2D eigenvalue weighted by molar-refractivity contribution is -0.900. The number of carboxylic acid groups (broad SMARTS) is 1. The first kappa shape index (κ1) is 11.7. The molecule has 1 atom stereocenters. The molecule has 1 N–H and O–H groups in total. The van der Waals surface area contributed by atoms with Crippen LogP contribution in [-0.4, -0.2) is 36.7 Å². The van der Waals surface area contributed by atoms with Crippen LogP contribution in [0.5, 0.6) is 0 Å². The van der Waals surface area contributed by atoms with Crippen LogP contribution in [0.15, 0.2) is 24.3 Å². The Kier molecular flexibility index (Phi) is 3.15. The summed E-state index contributed by atoms with van der Waals surface area (Å²) in [6.45, 7) is 2.13. The van der Waals surface area contributed by atoms with E-state index in [2.05, 4.69) is 28.1 Å². The number of hydrogen-bond acceptors (Lipinski definition) is 1. The molecule has 0 saturated carbocycles. The molecular weight excluding hydrogens is 190 g/mol. The number of rotatable bonds is 3. The lowest BCUT2D eigenvalue weighted by Crippen LogP contribution is -2.37. The highest BCUT2D eigenvalue weighted by Gasteiger charge is 2.20. The smallest absolute Gasteiger partial charge is 0.335 e. The maximum atomic E-state index is 10.7. The molecule has 0 aliphatic carbocycles. The van der Waals surface area contributed by atoms with Gasteiger partial charge in [-0.2, -0.15) is 0 Å². The molecule has 0 aromatic heterocycles. The second-order valence-electron chi connectivity index (χ2n) is 4.72. The molecule has 0 bridgehead atoms. The van der Waals surface area contributed by atoms with Crippen LogP contribution in [0.4, 0.5) is 0 Å². The molecule has 82 valence electrons. The van der Waals surface area contributed by atoms with Gasteiger partial charge in [0, 0.05) is 5.56 Å². The molecule has 0 aliphatic rings. The highest BCUT2D eigenvalue weighted by Crippen LogP contribution is 2.22.